The number of furan rings is 1. The Morgan fingerprint density at radius 2 is 2.05 bits per heavy atom. The summed E-state index contributed by atoms with van der Waals surface area (Å²) >= 11 is 1.74. The Balaban J connectivity index is 1.92. The maximum Gasteiger partial charge on any atom is 0.120 e. The summed E-state index contributed by atoms with van der Waals surface area (Å²) in [6.07, 6.45) is 0. The van der Waals surface area contributed by atoms with Gasteiger partial charge in [0.05, 0.1) is 13.1 Å². The van der Waals surface area contributed by atoms with E-state index in [1.165, 1.54) is 11.1 Å². The number of nitrogens with zero attached hydrogens (tertiary/aromatic N) is 1. The Morgan fingerprint density at radius 3 is 2.67 bits per heavy atom. The molecule has 2 heterocycles. The number of rotatable bonds is 6. The molecule has 2 aromatic rings. The summed E-state index contributed by atoms with van der Waals surface area (Å²) in [5.74, 6) is 2.08. The number of hydrogen-bond acceptors (Lipinski definition) is 4. The van der Waals surface area contributed by atoms with Crippen molar-refractivity contribution in [2.45, 2.75) is 52.9 Å². The van der Waals surface area contributed by atoms with Crippen LogP contribution in [0, 0.1) is 6.92 Å². The standard InChI is InChI=1S/C17H26N2OS/c1-13-8-15(20-16(13)9-18-17(2,3)4)11-19(5)10-14-6-7-21-12-14/h6-8,12,18H,9-11H2,1-5H3. The van der Waals surface area contributed by atoms with E-state index >= 15 is 0 Å². The van der Waals surface area contributed by atoms with E-state index < -0.39 is 0 Å². The van der Waals surface area contributed by atoms with Crippen molar-refractivity contribution in [1.82, 2.24) is 10.2 Å². The minimum Gasteiger partial charge on any atom is -0.463 e. The van der Waals surface area contributed by atoms with E-state index in [1.54, 1.807) is 11.3 Å². The molecule has 0 amide bonds. The second-order valence-corrected chi connectivity index (χ2v) is 7.51. The Bertz CT molecular complexity index is 552. The Morgan fingerprint density at radius 1 is 1.29 bits per heavy atom. The van der Waals surface area contributed by atoms with E-state index in [1.807, 2.05) is 0 Å². The van der Waals surface area contributed by atoms with Crippen LogP contribution < -0.4 is 5.32 Å². The van der Waals surface area contributed by atoms with Gasteiger partial charge in [-0.3, -0.25) is 4.90 Å². The predicted octanol–water partition coefficient (Wildman–Crippen LogP) is 4.17. The highest BCUT2D eigenvalue weighted by atomic mass is 32.1. The van der Waals surface area contributed by atoms with E-state index in [0.717, 1.165) is 31.2 Å². The fraction of sp³-hybridized carbons (Fsp3) is 0.529. The third-order valence-corrected chi connectivity index (χ3v) is 4.04. The molecule has 0 aliphatic rings. The molecule has 0 radical (unpaired) electrons. The summed E-state index contributed by atoms with van der Waals surface area (Å²) in [5, 5.41) is 7.79. The van der Waals surface area contributed by atoms with Crippen molar-refractivity contribution in [2.24, 2.45) is 0 Å². The zero-order chi connectivity index (χ0) is 15.5. The van der Waals surface area contributed by atoms with Gasteiger partial charge in [0.15, 0.2) is 0 Å². The molecule has 2 aromatic heterocycles. The highest BCUT2D eigenvalue weighted by molar-refractivity contribution is 7.07. The second-order valence-electron chi connectivity index (χ2n) is 6.73. The molecule has 116 valence electrons. The van der Waals surface area contributed by atoms with Crippen molar-refractivity contribution < 1.29 is 4.42 Å². The average molecular weight is 306 g/mol. The van der Waals surface area contributed by atoms with Crippen molar-refractivity contribution in [1.29, 1.82) is 0 Å². The zero-order valence-electron chi connectivity index (χ0n) is 13.7. The van der Waals surface area contributed by atoms with Gasteiger partial charge in [-0.1, -0.05) is 0 Å². The van der Waals surface area contributed by atoms with Crippen molar-refractivity contribution in [3.63, 3.8) is 0 Å². The summed E-state index contributed by atoms with van der Waals surface area (Å²) in [5.41, 5.74) is 2.70. The van der Waals surface area contributed by atoms with Crippen LogP contribution >= 0.6 is 11.3 Å². The maximum atomic E-state index is 6.00. The maximum absolute atomic E-state index is 6.00. The van der Waals surface area contributed by atoms with Crippen LogP contribution in [0.3, 0.4) is 0 Å². The van der Waals surface area contributed by atoms with Crippen LogP contribution in [-0.2, 0) is 19.6 Å². The average Bonchev–Trinajstić information content (AvgIpc) is 2.96. The molecular weight excluding hydrogens is 280 g/mol. The number of hydrogen-bond donors (Lipinski definition) is 1. The summed E-state index contributed by atoms with van der Waals surface area (Å²) in [6, 6.07) is 4.33. The van der Waals surface area contributed by atoms with Crippen LogP contribution in [0.4, 0.5) is 0 Å². The van der Waals surface area contributed by atoms with E-state index in [-0.39, 0.29) is 5.54 Å². The molecule has 0 aliphatic heterocycles. The van der Waals surface area contributed by atoms with E-state index in [2.05, 4.69) is 67.9 Å². The van der Waals surface area contributed by atoms with Gasteiger partial charge in [-0.2, -0.15) is 11.3 Å². The molecule has 0 aromatic carbocycles. The van der Waals surface area contributed by atoms with Crippen molar-refractivity contribution in [3.05, 3.63) is 45.5 Å². The first-order chi connectivity index (χ1) is 9.83. The Labute approximate surface area is 132 Å². The van der Waals surface area contributed by atoms with Crippen LogP contribution in [0.15, 0.2) is 27.3 Å². The van der Waals surface area contributed by atoms with Crippen LogP contribution in [0.25, 0.3) is 0 Å². The first-order valence-electron chi connectivity index (χ1n) is 7.36. The topological polar surface area (TPSA) is 28.4 Å². The normalized spacial score (nSPS) is 12.3. The van der Waals surface area contributed by atoms with Gasteiger partial charge < -0.3 is 9.73 Å². The van der Waals surface area contributed by atoms with Crippen LogP contribution in [0.1, 0.15) is 43.4 Å². The molecule has 0 saturated heterocycles. The molecule has 0 fully saturated rings. The van der Waals surface area contributed by atoms with E-state index in [0.29, 0.717) is 0 Å². The van der Waals surface area contributed by atoms with Crippen LogP contribution in [0.2, 0.25) is 0 Å². The van der Waals surface area contributed by atoms with Gasteiger partial charge in [0.2, 0.25) is 0 Å². The lowest BCUT2D eigenvalue weighted by molar-refractivity contribution is 0.280. The first kappa shape index (κ1) is 16.3. The van der Waals surface area contributed by atoms with Crippen LogP contribution in [-0.4, -0.2) is 17.5 Å². The van der Waals surface area contributed by atoms with Gasteiger partial charge in [0.25, 0.3) is 0 Å². The summed E-state index contributed by atoms with van der Waals surface area (Å²) in [6.45, 7) is 11.2. The molecule has 2 rings (SSSR count). The fourth-order valence-electron chi connectivity index (χ4n) is 2.21. The minimum atomic E-state index is 0.106. The van der Waals surface area contributed by atoms with Gasteiger partial charge >= 0.3 is 0 Å². The predicted molar refractivity (Wildman–Crippen MR) is 89.5 cm³/mol. The molecule has 4 heteroatoms. The molecule has 0 bridgehead atoms. The minimum absolute atomic E-state index is 0.106. The molecule has 0 spiro atoms. The van der Waals surface area contributed by atoms with Gasteiger partial charge in [-0.25, -0.2) is 0 Å². The molecule has 21 heavy (non-hydrogen) atoms. The monoisotopic (exact) mass is 306 g/mol. The third-order valence-electron chi connectivity index (χ3n) is 3.31. The quantitative estimate of drug-likeness (QED) is 0.868. The Kier molecular flexibility index (Phi) is 5.25. The summed E-state index contributed by atoms with van der Waals surface area (Å²) < 4.78 is 6.00. The van der Waals surface area contributed by atoms with Crippen molar-refractivity contribution in [2.75, 3.05) is 7.05 Å². The fourth-order valence-corrected chi connectivity index (χ4v) is 2.87. The van der Waals surface area contributed by atoms with Gasteiger partial charge in [-0.15, -0.1) is 0 Å². The van der Waals surface area contributed by atoms with Gasteiger partial charge in [0, 0.05) is 12.1 Å². The summed E-state index contributed by atoms with van der Waals surface area (Å²) in [7, 11) is 2.13. The smallest absolute Gasteiger partial charge is 0.120 e. The van der Waals surface area contributed by atoms with Crippen molar-refractivity contribution in [3.8, 4) is 0 Å². The third kappa shape index (κ3) is 5.30. The summed E-state index contributed by atoms with van der Waals surface area (Å²) in [4.78, 5) is 2.28. The van der Waals surface area contributed by atoms with Gasteiger partial charge in [-0.05, 0) is 68.8 Å². The molecule has 0 unspecified atom stereocenters. The Hall–Kier alpha value is -1.10. The van der Waals surface area contributed by atoms with Crippen LogP contribution in [0.5, 0.6) is 0 Å². The highest BCUT2D eigenvalue weighted by Gasteiger charge is 2.13. The lowest BCUT2D eigenvalue weighted by Gasteiger charge is -2.19. The molecular formula is C17H26N2OS. The van der Waals surface area contributed by atoms with Crippen molar-refractivity contribution >= 4 is 11.3 Å². The highest BCUT2D eigenvalue weighted by Crippen LogP contribution is 2.18. The van der Waals surface area contributed by atoms with E-state index in [4.69, 9.17) is 4.42 Å². The lowest BCUT2D eigenvalue weighted by Crippen LogP contribution is -2.35. The van der Waals surface area contributed by atoms with Gasteiger partial charge in [0.1, 0.15) is 11.5 Å². The number of aryl methyl sites for hydroxylation is 1. The lowest BCUT2D eigenvalue weighted by atomic mass is 10.1. The molecule has 3 nitrogen and oxygen atoms in total. The van der Waals surface area contributed by atoms with E-state index in [9.17, 15) is 0 Å². The molecule has 0 aliphatic carbocycles. The first-order valence-corrected chi connectivity index (χ1v) is 8.30. The zero-order valence-corrected chi connectivity index (χ0v) is 14.5. The number of nitrogens with one attached hydrogen (secondary N) is 1. The molecule has 0 saturated carbocycles. The molecule has 1 N–H and O–H groups in total. The number of thiophene rings is 1. The largest absolute Gasteiger partial charge is 0.463 e. The molecule has 0 atom stereocenters. The second kappa shape index (κ2) is 6.77. The SMILES string of the molecule is Cc1cc(CN(C)Cc2ccsc2)oc1CNC(C)(C)C.